The highest BCUT2D eigenvalue weighted by Gasteiger charge is 2.06. The molecule has 0 aliphatic rings. The Bertz CT molecular complexity index is 339. The van der Waals surface area contributed by atoms with Gasteiger partial charge in [0, 0.05) is 12.1 Å². The van der Waals surface area contributed by atoms with Gasteiger partial charge in [0.1, 0.15) is 19.0 Å². The number of benzene rings is 1. The summed E-state index contributed by atoms with van der Waals surface area (Å²) in [5, 5.41) is 3.37. The minimum Gasteiger partial charge on any atom is -0.490 e. The molecule has 17 heavy (non-hydrogen) atoms. The third-order valence-electron chi connectivity index (χ3n) is 2.49. The van der Waals surface area contributed by atoms with Crippen molar-refractivity contribution in [1.82, 2.24) is 5.32 Å². The number of hydrogen-bond donors (Lipinski definition) is 1. The van der Waals surface area contributed by atoms with E-state index in [2.05, 4.69) is 19.2 Å². The predicted molar refractivity (Wildman–Crippen MR) is 69.2 cm³/mol. The highest BCUT2D eigenvalue weighted by Crippen LogP contribution is 2.23. The summed E-state index contributed by atoms with van der Waals surface area (Å²) in [6.07, 6.45) is 0. The molecule has 1 aromatic rings. The monoisotopic (exact) mass is 239 g/mol. The number of ether oxygens (including phenoxy) is 1. The summed E-state index contributed by atoms with van der Waals surface area (Å²) in [4.78, 5) is 0. The van der Waals surface area contributed by atoms with E-state index in [0.29, 0.717) is 5.92 Å². The van der Waals surface area contributed by atoms with Gasteiger partial charge in [0.05, 0.1) is 0 Å². The van der Waals surface area contributed by atoms with Crippen LogP contribution in [0.15, 0.2) is 18.2 Å². The summed E-state index contributed by atoms with van der Waals surface area (Å²) in [6.45, 7) is 7.74. The zero-order valence-corrected chi connectivity index (χ0v) is 10.9. The van der Waals surface area contributed by atoms with E-state index in [1.54, 1.807) is 0 Å². The van der Waals surface area contributed by atoms with Crippen LogP contribution in [-0.2, 0) is 6.54 Å². The Kier molecular flexibility index (Phi) is 5.98. The number of aryl methyl sites for hydroxylation is 1. The van der Waals surface area contributed by atoms with E-state index in [-0.39, 0.29) is 6.61 Å². The van der Waals surface area contributed by atoms with E-state index >= 15 is 0 Å². The van der Waals surface area contributed by atoms with E-state index in [9.17, 15) is 4.39 Å². The summed E-state index contributed by atoms with van der Waals surface area (Å²) < 4.78 is 17.6. The predicted octanol–water partition coefficient (Wildman–Crippen LogP) is 3.09. The standard InChI is InChI=1S/C14H22FNO/c1-11(2)9-16-10-13-6-4-5-12(3)14(13)17-8-7-15/h4-6,11,16H,7-10H2,1-3H3. The first-order chi connectivity index (χ1) is 8.15. The summed E-state index contributed by atoms with van der Waals surface area (Å²) >= 11 is 0. The van der Waals surface area contributed by atoms with Crippen molar-refractivity contribution in [2.45, 2.75) is 27.3 Å². The molecule has 1 aromatic carbocycles. The van der Waals surface area contributed by atoms with Gasteiger partial charge < -0.3 is 10.1 Å². The number of halogens is 1. The lowest BCUT2D eigenvalue weighted by molar-refractivity contribution is 0.269. The number of alkyl halides is 1. The van der Waals surface area contributed by atoms with Crippen molar-refractivity contribution in [1.29, 1.82) is 0 Å². The van der Waals surface area contributed by atoms with Crippen LogP contribution in [0.5, 0.6) is 5.75 Å². The Morgan fingerprint density at radius 2 is 2.12 bits per heavy atom. The number of nitrogens with one attached hydrogen (secondary N) is 1. The minimum atomic E-state index is -0.451. The van der Waals surface area contributed by atoms with Gasteiger partial charge in [0.2, 0.25) is 0 Å². The number of para-hydroxylation sites is 1. The topological polar surface area (TPSA) is 21.3 Å². The Hall–Kier alpha value is -1.09. The van der Waals surface area contributed by atoms with Gasteiger partial charge in [-0.15, -0.1) is 0 Å². The largest absolute Gasteiger partial charge is 0.490 e. The molecule has 96 valence electrons. The van der Waals surface area contributed by atoms with Gasteiger partial charge >= 0.3 is 0 Å². The van der Waals surface area contributed by atoms with Crippen molar-refractivity contribution in [3.8, 4) is 5.75 Å². The highest BCUT2D eigenvalue weighted by molar-refractivity contribution is 5.40. The van der Waals surface area contributed by atoms with Crippen molar-refractivity contribution in [2.75, 3.05) is 19.8 Å². The molecule has 0 spiro atoms. The molecule has 0 fully saturated rings. The van der Waals surface area contributed by atoms with Crippen molar-refractivity contribution < 1.29 is 9.13 Å². The first-order valence-corrected chi connectivity index (χ1v) is 6.13. The lowest BCUT2D eigenvalue weighted by Gasteiger charge is -2.14. The maximum Gasteiger partial charge on any atom is 0.126 e. The van der Waals surface area contributed by atoms with Gasteiger partial charge in [0.15, 0.2) is 0 Å². The van der Waals surface area contributed by atoms with E-state index in [4.69, 9.17) is 4.74 Å². The molecule has 0 aliphatic carbocycles. The molecule has 0 saturated carbocycles. The highest BCUT2D eigenvalue weighted by atomic mass is 19.1. The van der Waals surface area contributed by atoms with Crippen LogP contribution in [0, 0.1) is 12.8 Å². The van der Waals surface area contributed by atoms with Gasteiger partial charge in [-0.1, -0.05) is 32.0 Å². The van der Waals surface area contributed by atoms with Crippen LogP contribution in [0.4, 0.5) is 4.39 Å². The minimum absolute atomic E-state index is 0.127. The zero-order valence-electron chi connectivity index (χ0n) is 10.9. The molecule has 0 radical (unpaired) electrons. The zero-order chi connectivity index (χ0) is 12.7. The molecular weight excluding hydrogens is 217 g/mol. The SMILES string of the molecule is Cc1cccc(CNCC(C)C)c1OCCF. The van der Waals surface area contributed by atoms with Gasteiger partial charge in [-0.25, -0.2) is 4.39 Å². The summed E-state index contributed by atoms with van der Waals surface area (Å²) in [7, 11) is 0. The lowest BCUT2D eigenvalue weighted by Crippen LogP contribution is -2.19. The van der Waals surface area contributed by atoms with Gasteiger partial charge in [-0.05, 0) is 24.9 Å². The third kappa shape index (κ3) is 4.73. The van der Waals surface area contributed by atoms with E-state index in [1.165, 1.54) is 0 Å². The first-order valence-electron chi connectivity index (χ1n) is 6.13. The van der Waals surface area contributed by atoms with Crippen LogP contribution in [0.25, 0.3) is 0 Å². The molecule has 2 nitrogen and oxygen atoms in total. The van der Waals surface area contributed by atoms with Crippen LogP contribution in [0.3, 0.4) is 0 Å². The average molecular weight is 239 g/mol. The summed E-state index contributed by atoms with van der Waals surface area (Å²) in [5.74, 6) is 1.44. The molecule has 0 amide bonds. The molecule has 0 aromatic heterocycles. The molecule has 0 unspecified atom stereocenters. The molecule has 1 N–H and O–H groups in total. The van der Waals surface area contributed by atoms with Crippen molar-refractivity contribution in [3.05, 3.63) is 29.3 Å². The van der Waals surface area contributed by atoms with Crippen LogP contribution >= 0.6 is 0 Å². The van der Waals surface area contributed by atoms with Gasteiger partial charge in [-0.3, -0.25) is 0 Å². The molecule has 3 heteroatoms. The van der Waals surface area contributed by atoms with Crippen molar-refractivity contribution in [3.63, 3.8) is 0 Å². The second kappa shape index (κ2) is 7.28. The summed E-state index contributed by atoms with van der Waals surface area (Å²) in [6, 6.07) is 6.01. The molecule has 0 saturated heterocycles. The molecular formula is C14H22FNO. The van der Waals surface area contributed by atoms with Crippen molar-refractivity contribution >= 4 is 0 Å². The maximum absolute atomic E-state index is 12.2. The van der Waals surface area contributed by atoms with E-state index in [0.717, 1.165) is 30.0 Å². The Morgan fingerprint density at radius 1 is 1.35 bits per heavy atom. The van der Waals surface area contributed by atoms with Gasteiger partial charge in [0.25, 0.3) is 0 Å². The van der Waals surface area contributed by atoms with Crippen molar-refractivity contribution in [2.24, 2.45) is 5.92 Å². The second-order valence-electron chi connectivity index (χ2n) is 4.63. The average Bonchev–Trinajstić information content (AvgIpc) is 2.28. The molecule has 0 atom stereocenters. The Balaban J connectivity index is 2.65. The number of rotatable bonds is 7. The van der Waals surface area contributed by atoms with Crippen LogP contribution < -0.4 is 10.1 Å². The fourth-order valence-electron chi connectivity index (χ4n) is 1.70. The summed E-state index contributed by atoms with van der Waals surface area (Å²) in [5.41, 5.74) is 2.15. The fraction of sp³-hybridized carbons (Fsp3) is 0.571. The van der Waals surface area contributed by atoms with E-state index < -0.39 is 6.67 Å². The molecule has 0 bridgehead atoms. The molecule has 0 aliphatic heterocycles. The second-order valence-corrected chi connectivity index (χ2v) is 4.63. The Labute approximate surface area is 103 Å². The molecule has 1 rings (SSSR count). The number of hydrogen-bond acceptors (Lipinski definition) is 2. The van der Waals surface area contributed by atoms with Crippen LogP contribution in [0.2, 0.25) is 0 Å². The first kappa shape index (κ1) is 14.0. The van der Waals surface area contributed by atoms with Crippen LogP contribution in [0.1, 0.15) is 25.0 Å². The maximum atomic E-state index is 12.2. The smallest absolute Gasteiger partial charge is 0.126 e. The normalized spacial score (nSPS) is 10.9. The lowest BCUT2D eigenvalue weighted by atomic mass is 10.1. The Morgan fingerprint density at radius 3 is 2.76 bits per heavy atom. The third-order valence-corrected chi connectivity index (χ3v) is 2.49. The van der Waals surface area contributed by atoms with E-state index in [1.807, 2.05) is 25.1 Å². The van der Waals surface area contributed by atoms with Gasteiger partial charge in [-0.2, -0.15) is 0 Å². The molecule has 0 heterocycles. The fourth-order valence-corrected chi connectivity index (χ4v) is 1.70. The van der Waals surface area contributed by atoms with Crippen LogP contribution in [-0.4, -0.2) is 19.8 Å². The quantitative estimate of drug-likeness (QED) is 0.789.